The van der Waals surface area contributed by atoms with Crippen LogP contribution in [0.3, 0.4) is 0 Å². The van der Waals surface area contributed by atoms with Crippen LogP contribution in [0.2, 0.25) is 0 Å². The highest BCUT2D eigenvalue weighted by Gasteiger charge is 2.54. The number of hydrogen-bond acceptors (Lipinski definition) is 4. The number of rotatable bonds is 3. The van der Waals surface area contributed by atoms with Crippen molar-refractivity contribution in [2.45, 2.75) is 49.9 Å². The van der Waals surface area contributed by atoms with Gasteiger partial charge in [0.25, 0.3) is 5.69 Å². The minimum atomic E-state index is -4.62. The zero-order valence-corrected chi connectivity index (χ0v) is 13.4. The monoisotopic (exact) mass is 356 g/mol. The first-order valence-corrected chi connectivity index (χ1v) is 8.49. The third-order valence-corrected chi connectivity index (χ3v) is 6.08. The molecule has 4 saturated carbocycles. The molecule has 1 aromatic rings. The summed E-state index contributed by atoms with van der Waals surface area (Å²) in [5.41, 5.74) is -2.07. The standard InChI is InChI=1S/C17H19F3N2O3/c18-17(19,20)12-1-2-13(14(5-12)22(24)25)21-15-10-3-9-4-11(15)8-16(23,6-9)7-10/h1-2,5,9-11,15,21,23H,3-4,6-8H2/t9?,10-,11+,15?,16?. The van der Waals surface area contributed by atoms with Crippen molar-refractivity contribution in [3.8, 4) is 0 Å². The van der Waals surface area contributed by atoms with E-state index >= 15 is 0 Å². The summed E-state index contributed by atoms with van der Waals surface area (Å²) < 4.78 is 38.5. The van der Waals surface area contributed by atoms with Crippen LogP contribution in [0.5, 0.6) is 0 Å². The SMILES string of the molecule is O=[N+]([O-])c1cc(C(F)(F)F)ccc1NC1[C@@H]2CC3C[C@H]1CC(O)(C3)C2. The number of nitrogens with one attached hydrogen (secondary N) is 1. The Morgan fingerprint density at radius 2 is 1.84 bits per heavy atom. The Morgan fingerprint density at radius 3 is 2.36 bits per heavy atom. The number of anilines is 1. The Labute approximate surface area is 142 Å². The topological polar surface area (TPSA) is 75.4 Å². The zero-order chi connectivity index (χ0) is 18.0. The molecule has 3 unspecified atom stereocenters. The Hall–Kier alpha value is -1.83. The van der Waals surface area contributed by atoms with Crippen LogP contribution in [-0.4, -0.2) is 21.7 Å². The van der Waals surface area contributed by atoms with E-state index in [0.717, 1.165) is 31.4 Å². The van der Waals surface area contributed by atoms with Crippen molar-refractivity contribution in [2.24, 2.45) is 17.8 Å². The molecule has 0 amide bonds. The number of hydrogen-bond donors (Lipinski definition) is 2. The molecule has 5 nitrogen and oxygen atoms in total. The fourth-order valence-corrected chi connectivity index (χ4v) is 5.38. The van der Waals surface area contributed by atoms with Gasteiger partial charge in [-0.15, -0.1) is 0 Å². The highest BCUT2D eigenvalue weighted by Crippen LogP contribution is 2.56. The average molecular weight is 356 g/mol. The van der Waals surface area contributed by atoms with Crippen molar-refractivity contribution in [1.82, 2.24) is 0 Å². The van der Waals surface area contributed by atoms with Crippen molar-refractivity contribution < 1.29 is 23.2 Å². The van der Waals surface area contributed by atoms with Gasteiger partial charge < -0.3 is 10.4 Å². The summed E-state index contributed by atoms with van der Waals surface area (Å²) in [6.07, 6.45) is -0.545. The molecule has 4 fully saturated rings. The van der Waals surface area contributed by atoms with Crippen LogP contribution >= 0.6 is 0 Å². The van der Waals surface area contributed by atoms with Crippen LogP contribution in [0.15, 0.2) is 18.2 Å². The Balaban J connectivity index is 1.62. The number of aliphatic hydroxyl groups is 1. The maximum absolute atomic E-state index is 12.8. The van der Waals surface area contributed by atoms with E-state index in [4.69, 9.17) is 0 Å². The molecule has 4 bridgehead atoms. The molecule has 136 valence electrons. The predicted molar refractivity (Wildman–Crippen MR) is 84.0 cm³/mol. The molecule has 2 N–H and O–H groups in total. The predicted octanol–water partition coefficient (Wildman–Crippen LogP) is 3.97. The van der Waals surface area contributed by atoms with Crippen LogP contribution in [0, 0.1) is 27.9 Å². The second-order valence-electron chi connectivity index (χ2n) is 7.85. The molecule has 8 heteroatoms. The van der Waals surface area contributed by atoms with Crippen LogP contribution in [0.25, 0.3) is 0 Å². The highest BCUT2D eigenvalue weighted by atomic mass is 19.4. The van der Waals surface area contributed by atoms with Crippen LogP contribution in [0.4, 0.5) is 24.5 Å². The van der Waals surface area contributed by atoms with Crippen molar-refractivity contribution in [2.75, 3.05) is 5.32 Å². The van der Waals surface area contributed by atoms with E-state index in [-0.39, 0.29) is 23.6 Å². The molecule has 0 heterocycles. The maximum atomic E-state index is 12.8. The van der Waals surface area contributed by atoms with Gasteiger partial charge in [-0.25, -0.2) is 0 Å². The summed E-state index contributed by atoms with van der Waals surface area (Å²) >= 11 is 0. The van der Waals surface area contributed by atoms with Crippen molar-refractivity contribution in [3.63, 3.8) is 0 Å². The van der Waals surface area contributed by atoms with Crippen LogP contribution in [0.1, 0.15) is 37.7 Å². The summed E-state index contributed by atoms with van der Waals surface area (Å²) in [7, 11) is 0. The van der Waals surface area contributed by atoms with Gasteiger partial charge in [0.15, 0.2) is 0 Å². The van der Waals surface area contributed by atoms with Crippen LogP contribution in [-0.2, 0) is 6.18 Å². The number of nitro benzene ring substituents is 1. The van der Waals surface area contributed by atoms with Crippen molar-refractivity contribution >= 4 is 11.4 Å². The van der Waals surface area contributed by atoms with E-state index in [1.807, 2.05) is 0 Å². The van der Waals surface area contributed by atoms with E-state index in [9.17, 15) is 28.4 Å². The molecular formula is C17H19F3N2O3. The Morgan fingerprint density at radius 1 is 1.20 bits per heavy atom. The van der Waals surface area contributed by atoms with Gasteiger partial charge in [0.2, 0.25) is 0 Å². The third kappa shape index (κ3) is 2.86. The first-order valence-electron chi connectivity index (χ1n) is 8.49. The third-order valence-electron chi connectivity index (χ3n) is 6.08. The highest BCUT2D eigenvalue weighted by molar-refractivity contribution is 5.63. The van der Waals surface area contributed by atoms with E-state index < -0.39 is 28.0 Å². The molecule has 1 aromatic carbocycles. The number of alkyl halides is 3. The molecule has 0 spiro atoms. The first-order chi connectivity index (χ1) is 11.6. The smallest absolute Gasteiger partial charge is 0.390 e. The molecule has 5 rings (SSSR count). The summed E-state index contributed by atoms with van der Waals surface area (Å²) in [4.78, 5) is 10.5. The molecule has 0 radical (unpaired) electrons. The van der Waals surface area contributed by atoms with Gasteiger partial charge in [-0.1, -0.05) is 0 Å². The molecule has 4 aliphatic carbocycles. The second-order valence-corrected chi connectivity index (χ2v) is 7.85. The molecular weight excluding hydrogens is 337 g/mol. The lowest BCUT2D eigenvalue weighted by Crippen LogP contribution is -2.58. The van der Waals surface area contributed by atoms with E-state index in [1.54, 1.807) is 0 Å². The zero-order valence-electron chi connectivity index (χ0n) is 13.4. The lowest BCUT2D eigenvalue weighted by Gasteiger charge is -2.58. The van der Waals surface area contributed by atoms with Gasteiger partial charge in [-0.2, -0.15) is 13.2 Å². The van der Waals surface area contributed by atoms with Gasteiger partial charge >= 0.3 is 6.18 Å². The van der Waals surface area contributed by atoms with E-state index in [0.29, 0.717) is 24.8 Å². The largest absolute Gasteiger partial charge is 0.416 e. The van der Waals surface area contributed by atoms with Crippen LogP contribution < -0.4 is 5.32 Å². The molecule has 0 saturated heterocycles. The summed E-state index contributed by atoms with van der Waals surface area (Å²) in [6.45, 7) is 0. The second kappa shape index (κ2) is 5.33. The quantitative estimate of drug-likeness (QED) is 0.635. The summed E-state index contributed by atoms with van der Waals surface area (Å²) in [5, 5.41) is 25.0. The van der Waals surface area contributed by atoms with Gasteiger partial charge in [0.1, 0.15) is 5.69 Å². The molecule has 4 aliphatic rings. The van der Waals surface area contributed by atoms with Gasteiger partial charge in [-0.05, 0) is 62.0 Å². The minimum absolute atomic E-state index is 0.0349. The molecule has 5 atom stereocenters. The van der Waals surface area contributed by atoms with E-state index in [1.165, 1.54) is 0 Å². The summed E-state index contributed by atoms with van der Waals surface area (Å²) in [5.74, 6) is 0.902. The molecule has 0 aliphatic heterocycles. The fourth-order valence-electron chi connectivity index (χ4n) is 5.38. The van der Waals surface area contributed by atoms with Crippen molar-refractivity contribution in [3.05, 3.63) is 33.9 Å². The van der Waals surface area contributed by atoms with E-state index in [2.05, 4.69) is 5.32 Å². The molecule has 25 heavy (non-hydrogen) atoms. The molecule has 0 aromatic heterocycles. The number of halogens is 3. The average Bonchev–Trinajstić information content (AvgIpc) is 2.48. The normalized spacial score (nSPS) is 36.5. The number of nitro groups is 1. The Kier molecular flexibility index (Phi) is 3.55. The van der Waals surface area contributed by atoms with Gasteiger partial charge in [0, 0.05) is 12.1 Å². The first kappa shape index (κ1) is 16.6. The fraction of sp³-hybridized carbons (Fsp3) is 0.647. The van der Waals surface area contributed by atoms with Gasteiger partial charge in [0.05, 0.1) is 16.1 Å². The van der Waals surface area contributed by atoms with Gasteiger partial charge in [-0.3, -0.25) is 10.1 Å². The summed E-state index contributed by atoms with van der Waals surface area (Å²) in [6, 6.07) is 2.58. The minimum Gasteiger partial charge on any atom is -0.390 e. The van der Waals surface area contributed by atoms with Crippen molar-refractivity contribution in [1.29, 1.82) is 0 Å². The number of benzene rings is 1. The Bertz CT molecular complexity index is 706. The maximum Gasteiger partial charge on any atom is 0.416 e. The lowest BCUT2D eigenvalue weighted by atomic mass is 9.52. The lowest BCUT2D eigenvalue weighted by molar-refractivity contribution is -0.384. The number of nitrogens with zero attached hydrogens (tertiary/aromatic N) is 1.